The van der Waals surface area contributed by atoms with Gasteiger partial charge in [-0.25, -0.2) is 13.2 Å². The van der Waals surface area contributed by atoms with Crippen LogP contribution in [-0.4, -0.2) is 35.8 Å². The standard InChI is InChI=1S/C14H15N3O4S/c1-16-9-10(8-15-16)22(20,21)17-7-3-5-11-12(14(18)19)4-2-6-13(11)17/h2,4,6,8-9H,3,5,7H2,1H3,(H,18,19). The molecule has 0 atom stereocenters. The van der Waals surface area contributed by atoms with Crippen molar-refractivity contribution in [1.29, 1.82) is 0 Å². The molecule has 0 bridgehead atoms. The van der Waals surface area contributed by atoms with Crippen molar-refractivity contribution in [3.05, 3.63) is 41.7 Å². The number of hydrogen-bond acceptors (Lipinski definition) is 4. The highest BCUT2D eigenvalue weighted by atomic mass is 32.2. The van der Waals surface area contributed by atoms with Crippen molar-refractivity contribution < 1.29 is 18.3 Å². The molecule has 3 rings (SSSR count). The van der Waals surface area contributed by atoms with Gasteiger partial charge in [0.1, 0.15) is 4.90 Å². The minimum absolute atomic E-state index is 0.101. The molecule has 22 heavy (non-hydrogen) atoms. The summed E-state index contributed by atoms with van der Waals surface area (Å²) in [6, 6.07) is 4.72. The summed E-state index contributed by atoms with van der Waals surface area (Å²) in [5.41, 5.74) is 1.16. The number of anilines is 1. The number of fused-ring (bicyclic) bond motifs is 1. The van der Waals surface area contributed by atoms with E-state index in [-0.39, 0.29) is 10.5 Å². The number of hydrogen-bond donors (Lipinski definition) is 1. The molecule has 2 aromatic rings. The number of carboxylic acid groups (broad SMARTS) is 1. The second-order valence-corrected chi connectivity index (χ2v) is 7.00. The molecule has 0 unspecified atom stereocenters. The van der Waals surface area contributed by atoms with Crippen molar-refractivity contribution in [2.24, 2.45) is 7.05 Å². The molecule has 0 saturated heterocycles. The molecule has 1 aliphatic rings. The third-order valence-corrected chi connectivity index (χ3v) is 5.47. The van der Waals surface area contributed by atoms with Crippen molar-refractivity contribution in [3.8, 4) is 0 Å². The zero-order chi connectivity index (χ0) is 15.9. The Bertz CT molecular complexity index is 842. The van der Waals surface area contributed by atoms with Crippen molar-refractivity contribution >= 4 is 21.7 Å². The van der Waals surface area contributed by atoms with E-state index in [1.807, 2.05) is 0 Å². The zero-order valence-electron chi connectivity index (χ0n) is 11.9. The summed E-state index contributed by atoms with van der Waals surface area (Å²) >= 11 is 0. The van der Waals surface area contributed by atoms with Gasteiger partial charge in [-0.15, -0.1) is 0 Å². The Kier molecular flexibility index (Phi) is 3.40. The molecule has 0 saturated carbocycles. The van der Waals surface area contributed by atoms with Gasteiger partial charge in [-0.2, -0.15) is 5.10 Å². The molecule has 1 aromatic carbocycles. The molecule has 0 amide bonds. The second-order valence-electron chi connectivity index (χ2n) is 5.14. The molecule has 0 fully saturated rings. The van der Waals surface area contributed by atoms with Crippen molar-refractivity contribution in [1.82, 2.24) is 9.78 Å². The minimum Gasteiger partial charge on any atom is -0.478 e. The number of rotatable bonds is 3. The zero-order valence-corrected chi connectivity index (χ0v) is 12.7. The smallest absolute Gasteiger partial charge is 0.336 e. The summed E-state index contributed by atoms with van der Waals surface area (Å²) in [5.74, 6) is -1.04. The molecule has 0 spiro atoms. The predicted octanol–water partition coefficient (Wildman–Crippen LogP) is 1.26. The van der Waals surface area contributed by atoms with Gasteiger partial charge in [0, 0.05) is 19.8 Å². The van der Waals surface area contributed by atoms with E-state index in [1.54, 1.807) is 19.2 Å². The van der Waals surface area contributed by atoms with Crippen LogP contribution in [0, 0.1) is 0 Å². The van der Waals surface area contributed by atoms with E-state index < -0.39 is 16.0 Å². The van der Waals surface area contributed by atoms with E-state index >= 15 is 0 Å². The van der Waals surface area contributed by atoms with Crippen LogP contribution in [0.2, 0.25) is 0 Å². The normalized spacial score (nSPS) is 14.7. The molecule has 2 heterocycles. The first-order valence-electron chi connectivity index (χ1n) is 6.78. The fourth-order valence-corrected chi connectivity index (χ4v) is 4.22. The molecular weight excluding hydrogens is 306 g/mol. The fourth-order valence-electron chi connectivity index (χ4n) is 2.70. The van der Waals surface area contributed by atoms with E-state index in [9.17, 15) is 18.3 Å². The van der Waals surface area contributed by atoms with Gasteiger partial charge < -0.3 is 5.11 Å². The van der Waals surface area contributed by atoms with E-state index in [0.717, 1.165) is 0 Å². The Labute approximate surface area is 127 Å². The number of benzene rings is 1. The number of carbonyl (C=O) groups is 1. The van der Waals surface area contributed by atoms with E-state index in [1.165, 1.54) is 27.4 Å². The highest BCUT2D eigenvalue weighted by Crippen LogP contribution is 2.33. The van der Waals surface area contributed by atoms with Crippen LogP contribution in [0.5, 0.6) is 0 Å². The number of aromatic nitrogens is 2. The molecule has 1 aliphatic heterocycles. The highest BCUT2D eigenvalue weighted by molar-refractivity contribution is 7.92. The van der Waals surface area contributed by atoms with Crippen LogP contribution in [0.15, 0.2) is 35.5 Å². The van der Waals surface area contributed by atoms with Crippen molar-refractivity contribution in [3.63, 3.8) is 0 Å². The third kappa shape index (κ3) is 2.25. The average Bonchev–Trinajstić information content (AvgIpc) is 2.93. The molecule has 0 radical (unpaired) electrons. The maximum atomic E-state index is 12.8. The van der Waals surface area contributed by atoms with E-state index in [4.69, 9.17) is 0 Å². The average molecular weight is 321 g/mol. The maximum Gasteiger partial charge on any atom is 0.336 e. The quantitative estimate of drug-likeness (QED) is 0.918. The van der Waals surface area contributed by atoms with E-state index in [2.05, 4.69) is 5.10 Å². The number of sulfonamides is 1. The summed E-state index contributed by atoms with van der Waals surface area (Å²) in [6.45, 7) is 0.327. The number of nitrogens with zero attached hydrogens (tertiary/aromatic N) is 3. The van der Waals surface area contributed by atoms with Crippen molar-refractivity contribution in [2.75, 3.05) is 10.8 Å². The van der Waals surface area contributed by atoms with Gasteiger partial charge in [-0.1, -0.05) is 6.07 Å². The number of aromatic carboxylic acids is 1. The summed E-state index contributed by atoms with van der Waals surface area (Å²) in [6.07, 6.45) is 3.86. The summed E-state index contributed by atoms with van der Waals surface area (Å²) in [7, 11) is -2.10. The van der Waals surface area contributed by atoms with Gasteiger partial charge in [-0.3, -0.25) is 8.99 Å². The molecule has 0 aliphatic carbocycles. The largest absolute Gasteiger partial charge is 0.478 e. The minimum atomic E-state index is -3.74. The Morgan fingerprint density at radius 2 is 2.14 bits per heavy atom. The Balaban J connectivity index is 2.13. The van der Waals surface area contributed by atoms with Crippen LogP contribution in [0.3, 0.4) is 0 Å². The molecule has 1 N–H and O–H groups in total. The van der Waals surface area contributed by atoms with Crippen molar-refractivity contribution in [2.45, 2.75) is 17.7 Å². The van der Waals surface area contributed by atoms with Gasteiger partial charge in [0.2, 0.25) is 0 Å². The van der Waals surface area contributed by atoms with Gasteiger partial charge in [0.25, 0.3) is 10.0 Å². The van der Waals surface area contributed by atoms with Crippen LogP contribution in [0.4, 0.5) is 5.69 Å². The molecular formula is C14H15N3O4S. The SMILES string of the molecule is Cn1cc(S(=O)(=O)N2CCCc3c(C(=O)O)cccc32)cn1. The second kappa shape index (κ2) is 5.13. The topological polar surface area (TPSA) is 92.5 Å². The monoisotopic (exact) mass is 321 g/mol. The summed E-state index contributed by atoms with van der Waals surface area (Å²) < 4.78 is 28.2. The lowest BCUT2D eigenvalue weighted by molar-refractivity contribution is 0.0695. The molecule has 116 valence electrons. The van der Waals surface area contributed by atoms with Crippen LogP contribution in [-0.2, 0) is 23.5 Å². The number of aryl methyl sites for hydroxylation is 1. The first kappa shape index (κ1) is 14.6. The lowest BCUT2D eigenvalue weighted by Crippen LogP contribution is -2.36. The third-order valence-electron chi connectivity index (χ3n) is 3.71. The Morgan fingerprint density at radius 1 is 1.36 bits per heavy atom. The summed E-state index contributed by atoms with van der Waals surface area (Å²) in [4.78, 5) is 11.4. The first-order chi connectivity index (χ1) is 10.4. The van der Waals surface area contributed by atoms with Gasteiger partial charge in [0.15, 0.2) is 0 Å². The molecule has 1 aromatic heterocycles. The van der Waals surface area contributed by atoms with Gasteiger partial charge in [0.05, 0.1) is 17.4 Å². The van der Waals surface area contributed by atoms with E-state index in [0.29, 0.717) is 30.6 Å². The highest BCUT2D eigenvalue weighted by Gasteiger charge is 2.31. The maximum absolute atomic E-state index is 12.8. The van der Waals surface area contributed by atoms with Crippen LogP contribution >= 0.6 is 0 Å². The summed E-state index contributed by atoms with van der Waals surface area (Å²) in [5, 5.41) is 13.2. The number of carboxylic acids is 1. The molecule has 7 nitrogen and oxygen atoms in total. The predicted molar refractivity (Wildman–Crippen MR) is 79.5 cm³/mol. The Morgan fingerprint density at radius 3 is 2.77 bits per heavy atom. The van der Waals surface area contributed by atoms with Crippen LogP contribution in [0.25, 0.3) is 0 Å². The van der Waals surface area contributed by atoms with Gasteiger partial charge in [-0.05, 0) is 30.5 Å². The first-order valence-corrected chi connectivity index (χ1v) is 8.22. The molecule has 8 heteroatoms. The lowest BCUT2D eigenvalue weighted by Gasteiger charge is -2.30. The Hall–Kier alpha value is -2.35. The lowest BCUT2D eigenvalue weighted by atomic mass is 9.98. The van der Waals surface area contributed by atoms with Crippen LogP contribution < -0.4 is 4.31 Å². The fraction of sp³-hybridized carbons (Fsp3) is 0.286. The van der Waals surface area contributed by atoms with Crippen LogP contribution in [0.1, 0.15) is 22.3 Å². The van der Waals surface area contributed by atoms with Gasteiger partial charge >= 0.3 is 5.97 Å².